The maximum atomic E-state index is 12.1. The zero-order valence-electron chi connectivity index (χ0n) is 11.7. The normalized spacial score (nSPS) is 10.8. The first kappa shape index (κ1) is 14.7. The van der Waals surface area contributed by atoms with Crippen molar-refractivity contribution in [3.63, 3.8) is 0 Å². The summed E-state index contributed by atoms with van der Waals surface area (Å²) >= 11 is 2.21. The van der Waals surface area contributed by atoms with Gasteiger partial charge in [0.05, 0.1) is 6.20 Å². The number of carbonyl (C=O) groups excluding carboxylic acids is 1. The van der Waals surface area contributed by atoms with E-state index >= 15 is 0 Å². The summed E-state index contributed by atoms with van der Waals surface area (Å²) in [5.74, 6) is -0.307. The van der Waals surface area contributed by atoms with Crippen LogP contribution in [0.25, 0.3) is 5.52 Å². The van der Waals surface area contributed by atoms with Gasteiger partial charge in [-0.05, 0) is 53.3 Å². The van der Waals surface area contributed by atoms with Crippen molar-refractivity contribution in [3.8, 4) is 0 Å². The minimum atomic E-state index is -0.353. The standard InChI is InChI=1S/C14H12IN5O2/c1-9-2-3-10(6-11(9)15)18-13(21)7-19-14(22)12-4-5-16-20(12)8-17-19/h2-6,8H,7H2,1H3,(H,18,21). The lowest BCUT2D eigenvalue weighted by Gasteiger charge is -2.08. The molecular weight excluding hydrogens is 397 g/mol. The number of aromatic nitrogens is 4. The molecule has 0 spiro atoms. The molecule has 0 aliphatic carbocycles. The van der Waals surface area contributed by atoms with Crippen molar-refractivity contribution in [1.29, 1.82) is 0 Å². The van der Waals surface area contributed by atoms with Gasteiger partial charge < -0.3 is 5.32 Å². The molecule has 0 aliphatic heterocycles. The van der Waals surface area contributed by atoms with E-state index in [4.69, 9.17) is 0 Å². The van der Waals surface area contributed by atoms with Gasteiger partial charge in [-0.25, -0.2) is 9.20 Å². The molecule has 1 amide bonds. The molecule has 7 nitrogen and oxygen atoms in total. The van der Waals surface area contributed by atoms with Gasteiger partial charge in [0.2, 0.25) is 5.91 Å². The first-order valence-electron chi connectivity index (χ1n) is 6.50. The number of carbonyl (C=O) groups is 1. The molecular formula is C14H12IN5O2. The quantitative estimate of drug-likeness (QED) is 0.664. The summed E-state index contributed by atoms with van der Waals surface area (Å²) in [6.07, 6.45) is 2.91. The summed E-state index contributed by atoms with van der Waals surface area (Å²) in [6, 6.07) is 7.22. The van der Waals surface area contributed by atoms with Crippen LogP contribution >= 0.6 is 22.6 Å². The minimum absolute atomic E-state index is 0.148. The van der Waals surface area contributed by atoms with Gasteiger partial charge in [-0.1, -0.05) is 6.07 Å². The molecule has 1 aromatic carbocycles. The summed E-state index contributed by atoms with van der Waals surface area (Å²) in [5.41, 5.74) is 1.86. The van der Waals surface area contributed by atoms with Gasteiger partial charge >= 0.3 is 0 Å². The molecule has 0 aliphatic rings. The molecule has 22 heavy (non-hydrogen) atoms. The van der Waals surface area contributed by atoms with E-state index in [0.717, 1.165) is 13.8 Å². The van der Waals surface area contributed by atoms with Gasteiger partial charge in [-0.2, -0.15) is 10.2 Å². The van der Waals surface area contributed by atoms with Crippen LogP contribution in [0.2, 0.25) is 0 Å². The lowest BCUT2D eigenvalue weighted by Crippen LogP contribution is -2.30. The lowest BCUT2D eigenvalue weighted by atomic mass is 10.2. The number of fused-ring (bicyclic) bond motifs is 1. The van der Waals surface area contributed by atoms with Crippen LogP contribution in [-0.2, 0) is 11.3 Å². The van der Waals surface area contributed by atoms with E-state index in [1.54, 1.807) is 6.07 Å². The highest BCUT2D eigenvalue weighted by molar-refractivity contribution is 14.1. The van der Waals surface area contributed by atoms with Crippen LogP contribution in [0.15, 0.2) is 41.6 Å². The smallest absolute Gasteiger partial charge is 0.293 e. The fraction of sp³-hybridized carbons (Fsp3) is 0.143. The number of halogens is 1. The van der Waals surface area contributed by atoms with Crippen molar-refractivity contribution in [2.24, 2.45) is 0 Å². The van der Waals surface area contributed by atoms with E-state index in [9.17, 15) is 9.59 Å². The highest BCUT2D eigenvalue weighted by Crippen LogP contribution is 2.16. The maximum Gasteiger partial charge on any atom is 0.293 e. The number of amides is 1. The summed E-state index contributed by atoms with van der Waals surface area (Å²) in [5, 5.41) is 10.6. The second-order valence-corrected chi connectivity index (χ2v) is 5.93. The summed E-state index contributed by atoms with van der Waals surface area (Å²) < 4.78 is 3.55. The highest BCUT2D eigenvalue weighted by Gasteiger charge is 2.09. The third-order valence-corrected chi connectivity index (χ3v) is 4.34. The Morgan fingerprint density at radius 2 is 2.14 bits per heavy atom. The molecule has 0 unspecified atom stereocenters. The minimum Gasteiger partial charge on any atom is -0.324 e. The van der Waals surface area contributed by atoms with Gasteiger partial charge in [0.15, 0.2) is 0 Å². The molecule has 1 N–H and O–H groups in total. The average Bonchev–Trinajstić information content (AvgIpc) is 2.95. The second-order valence-electron chi connectivity index (χ2n) is 4.77. The Kier molecular flexibility index (Phi) is 3.92. The second kappa shape index (κ2) is 5.87. The van der Waals surface area contributed by atoms with E-state index in [2.05, 4.69) is 38.1 Å². The van der Waals surface area contributed by atoms with Crippen LogP contribution < -0.4 is 10.9 Å². The number of anilines is 1. The third-order valence-electron chi connectivity index (χ3n) is 3.17. The number of aryl methyl sites for hydroxylation is 1. The summed E-state index contributed by atoms with van der Waals surface area (Å²) in [6.45, 7) is 1.85. The first-order valence-corrected chi connectivity index (χ1v) is 7.58. The Morgan fingerprint density at radius 3 is 2.91 bits per heavy atom. The fourth-order valence-corrected chi connectivity index (χ4v) is 2.51. The molecule has 112 valence electrons. The maximum absolute atomic E-state index is 12.1. The zero-order valence-corrected chi connectivity index (χ0v) is 13.8. The lowest BCUT2D eigenvalue weighted by molar-refractivity contribution is -0.117. The molecule has 2 aromatic heterocycles. The molecule has 3 rings (SSSR count). The number of hydrogen-bond donors (Lipinski definition) is 1. The van der Waals surface area contributed by atoms with Gasteiger partial charge in [-0.3, -0.25) is 9.59 Å². The molecule has 0 bridgehead atoms. The molecule has 3 aromatic rings. The molecule has 0 saturated heterocycles. The highest BCUT2D eigenvalue weighted by atomic mass is 127. The average molecular weight is 409 g/mol. The number of hydrogen-bond acceptors (Lipinski definition) is 4. The topological polar surface area (TPSA) is 81.3 Å². The van der Waals surface area contributed by atoms with Crippen LogP contribution in [0.5, 0.6) is 0 Å². The Balaban J connectivity index is 1.79. The van der Waals surface area contributed by atoms with Gasteiger partial charge in [0.25, 0.3) is 5.56 Å². The van der Waals surface area contributed by atoms with Crippen molar-refractivity contribution in [3.05, 3.63) is 56.3 Å². The number of nitrogens with zero attached hydrogens (tertiary/aromatic N) is 4. The van der Waals surface area contributed by atoms with Crippen molar-refractivity contribution in [2.45, 2.75) is 13.5 Å². The van der Waals surface area contributed by atoms with Crippen LogP contribution in [0.1, 0.15) is 5.56 Å². The molecule has 0 atom stereocenters. The molecule has 2 heterocycles. The largest absolute Gasteiger partial charge is 0.324 e. The van der Waals surface area contributed by atoms with Crippen molar-refractivity contribution >= 4 is 39.7 Å². The van der Waals surface area contributed by atoms with E-state index < -0.39 is 0 Å². The van der Waals surface area contributed by atoms with Crippen molar-refractivity contribution < 1.29 is 4.79 Å². The van der Waals surface area contributed by atoms with Crippen LogP contribution in [0.4, 0.5) is 5.69 Å². The van der Waals surface area contributed by atoms with Crippen molar-refractivity contribution in [2.75, 3.05) is 5.32 Å². The number of nitrogens with one attached hydrogen (secondary N) is 1. The van der Waals surface area contributed by atoms with Crippen LogP contribution in [0.3, 0.4) is 0 Å². The van der Waals surface area contributed by atoms with Crippen LogP contribution in [0, 0.1) is 10.5 Å². The van der Waals surface area contributed by atoms with E-state index in [1.165, 1.54) is 17.0 Å². The Hall–Kier alpha value is -2.23. The molecule has 0 saturated carbocycles. The molecule has 0 fully saturated rings. The predicted octanol–water partition coefficient (Wildman–Crippen LogP) is 1.44. The van der Waals surface area contributed by atoms with Crippen LogP contribution in [-0.4, -0.2) is 25.3 Å². The SMILES string of the molecule is Cc1ccc(NC(=O)Cn2ncn3nccc3c2=O)cc1I. The summed E-state index contributed by atoms with van der Waals surface area (Å²) in [7, 11) is 0. The summed E-state index contributed by atoms with van der Waals surface area (Å²) in [4.78, 5) is 24.2. The van der Waals surface area contributed by atoms with Gasteiger partial charge in [-0.15, -0.1) is 0 Å². The number of rotatable bonds is 3. The first-order chi connectivity index (χ1) is 10.5. The number of benzene rings is 1. The monoisotopic (exact) mass is 409 g/mol. The van der Waals surface area contributed by atoms with E-state index in [-0.39, 0.29) is 18.0 Å². The Bertz CT molecular complexity index is 915. The van der Waals surface area contributed by atoms with E-state index in [1.807, 2.05) is 25.1 Å². The molecule has 8 heteroatoms. The Morgan fingerprint density at radius 1 is 1.32 bits per heavy atom. The van der Waals surface area contributed by atoms with E-state index in [0.29, 0.717) is 11.2 Å². The predicted molar refractivity (Wildman–Crippen MR) is 89.8 cm³/mol. The van der Waals surface area contributed by atoms with Crippen molar-refractivity contribution in [1.82, 2.24) is 19.4 Å². The third kappa shape index (κ3) is 2.86. The fourth-order valence-electron chi connectivity index (χ4n) is 1.99. The van der Waals surface area contributed by atoms with Gasteiger partial charge in [0.1, 0.15) is 18.4 Å². The molecule has 0 radical (unpaired) electrons. The zero-order chi connectivity index (χ0) is 15.7. The Labute approximate surface area is 139 Å². The van der Waals surface area contributed by atoms with Gasteiger partial charge in [0, 0.05) is 9.26 Å².